The number of aryl methyl sites for hydroxylation is 1. The summed E-state index contributed by atoms with van der Waals surface area (Å²) in [7, 11) is 1.44. The number of esters is 1. The number of para-hydroxylation sites is 1. The van der Waals surface area contributed by atoms with Crippen molar-refractivity contribution in [2.45, 2.75) is 46.2 Å². The third kappa shape index (κ3) is 2.21. The standard InChI is InChI=1S/C17H23NO2/c1-11-8-7-9-14-12(2)10-17(4,5)18(15(11)14)13(3)16(19)20-6/h7-10,13H,1-6H3. The molecule has 0 saturated heterocycles. The number of anilines is 1. The molecule has 1 aromatic carbocycles. The SMILES string of the molecule is COC(=O)C(C)N1c2c(C)cccc2C(C)=CC1(C)C. The number of carbonyl (C=O) groups is 1. The zero-order valence-corrected chi connectivity index (χ0v) is 13.2. The van der Waals surface area contributed by atoms with Crippen molar-refractivity contribution in [1.82, 2.24) is 0 Å². The second-order valence-corrected chi connectivity index (χ2v) is 6.02. The van der Waals surface area contributed by atoms with Gasteiger partial charge in [0.25, 0.3) is 0 Å². The third-order valence-electron chi connectivity index (χ3n) is 4.02. The van der Waals surface area contributed by atoms with Crippen molar-refractivity contribution in [2.75, 3.05) is 12.0 Å². The van der Waals surface area contributed by atoms with Crippen LogP contribution in [0.1, 0.15) is 38.8 Å². The first kappa shape index (κ1) is 14.6. The number of methoxy groups -OCH3 is 1. The fourth-order valence-electron chi connectivity index (χ4n) is 3.23. The highest BCUT2D eigenvalue weighted by molar-refractivity contribution is 5.88. The van der Waals surface area contributed by atoms with Gasteiger partial charge in [-0.15, -0.1) is 0 Å². The Morgan fingerprint density at radius 3 is 2.55 bits per heavy atom. The van der Waals surface area contributed by atoms with E-state index in [9.17, 15) is 4.79 Å². The van der Waals surface area contributed by atoms with E-state index >= 15 is 0 Å². The van der Waals surface area contributed by atoms with Gasteiger partial charge in [-0.2, -0.15) is 0 Å². The summed E-state index contributed by atoms with van der Waals surface area (Å²) in [5.41, 5.74) is 4.54. The van der Waals surface area contributed by atoms with Crippen LogP contribution in [0.15, 0.2) is 24.3 Å². The minimum atomic E-state index is -0.320. The minimum absolute atomic E-state index is 0.208. The van der Waals surface area contributed by atoms with Crippen molar-refractivity contribution in [1.29, 1.82) is 0 Å². The molecule has 3 heteroatoms. The molecule has 0 bridgehead atoms. The predicted molar refractivity (Wildman–Crippen MR) is 82.9 cm³/mol. The highest BCUT2D eigenvalue weighted by Gasteiger charge is 2.38. The summed E-state index contributed by atoms with van der Waals surface area (Å²) in [5, 5.41) is 0. The van der Waals surface area contributed by atoms with Crippen molar-refractivity contribution in [3.63, 3.8) is 0 Å². The van der Waals surface area contributed by atoms with Gasteiger partial charge in [-0.05, 0) is 45.8 Å². The summed E-state index contributed by atoms with van der Waals surface area (Å²) in [6.07, 6.45) is 2.22. The van der Waals surface area contributed by atoms with Gasteiger partial charge in [-0.25, -0.2) is 4.79 Å². The van der Waals surface area contributed by atoms with Crippen LogP contribution in [0.25, 0.3) is 5.57 Å². The molecule has 1 unspecified atom stereocenters. The number of fused-ring (bicyclic) bond motifs is 1. The molecular formula is C17H23NO2. The summed E-state index contributed by atoms with van der Waals surface area (Å²) in [4.78, 5) is 14.2. The lowest BCUT2D eigenvalue weighted by atomic mass is 9.86. The maximum Gasteiger partial charge on any atom is 0.328 e. The predicted octanol–water partition coefficient (Wildman–Crippen LogP) is 3.56. The number of carbonyl (C=O) groups excluding carboxylic acids is 1. The Bertz CT molecular complexity index is 572. The Labute approximate surface area is 121 Å². The van der Waals surface area contributed by atoms with Crippen LogP contribution >= 0.6 is 0 Å². The molecule has 2 rings (SSSR count). The molecule has 0 N–H and O–H groups in total. The molecule has 108 valence electrons. The van der Waals surface area contributed by atoms with E-state index in [-0.39, 0.29) is 17.6 Å². The molecule has 0 spiro atoms. The monoisotopic (exact) mass is 273 g/mol. The third-order valence-corrected chi connectivity index (χ3v) is 4.02. The molecule has 3 nitrogen and oxygen atoms in total. The van der Waals surface area contributed by atoms with E-state index in [0.29, 0.717) is 0 Å². The molecule has 0 saturated carbocycles. The summed E-state index contributed by atoms with van der Waals surface area (Å²) in [6, 6.07) is 5.94. The molecule has 1 atom stereocenters. The zero-order valence-electron chi connectivity index (χ0n) is 13.2. The van der Waals surface area contributed by atoms with Gasteiger partial charge < -0.3 is 9.64 Å². The lowest BCUT2D eigenvalue weighted by Crippen LogP contribution is -2.53. The van der Waals surface area contributed by atoms with Gasteiger partial charge in [-0.3, -0.25) is 0 Å². The largest absolute Gasteiger partial charge is 0.467 e. The molecule has 1 aliphatic heterocycles. The second-order valence-electron chi connectivity index (χ2n) is 6.02. The van der Waals surface area contributed by atoms with Crippen LogP contribution in [0.4, 0.5) is 5.69 Å². The number of benzene rings is 1. The highest BCUT2D eigenvalue weighted by Crippen LogP contribution is 2.42. The minimum Gasteiger partial charge on any atom is -0.467 e. The van der Waals surface area contributed by atoms with E-state index < -0.39 is 0 Å². The van der Waals surface area contributed by atoms with Crippen molar-refractivity contribution in [2.24, 2.45) is 0 Å². The van der Waals surface area contributed by atoms with Gasteiger partial charge in [0, 0.05) is 11.3 Å². The normalized spacial score (nSPS) is 18.1. The Morgan fingerprint density at radius 1 is 1.30 bits per heavy atom. The van der Waals surface area contributed by atoms with E-state index in [2.05, 4.69) is 56.9 Å². The van der Waals surface area contributed by atoms with Crippen LogP contribution in [0, 0.1) is 6.92 Å². The molecule has 0 aromatic heterocycles. The summed E-state index contributed by atoms with van der Waals surface area (Å²) in [6.45, 7) is 10.4. The first-order valence-corrected chi connectivity index (χ1v) is 6.96. The summed E-state index contributed by atoms with van der Waals surface area (Å²) >= 11 is 0. The molecule has 1 aromatic rings. The maximum absolute atomic E-state index is 12.0. The zero-order chi connectivity index (χ0) is 15.1. The van der Waals surface area contributed by atoms with Crippen LogP contribution in [0.5, 0.6) is 0 Å². The van der Waals surface area contributed by atoms with E-state index in [0.717, 1.165) is 5.69 Å². The average molecular weight is 273 g/mol. The van der Waals surface area contributed by atoms with Gasteiger partial charge in [0.05, 0.1) is 12.6 Å². The van der Waals surface area contributed by atoms with E-state index in [1.807, 2.05) is 6.92 Å². The van der Waals surface area contributed by atoms with Crippen LogP contribution in [0.2, 0.25) is 0 Å². The Balaban J connectivity index is 2.65. The number of nitrogens with zero attached hydrogens (tertiary/aromatic N) is 1. The first-order chi connectivity index (χ1) is 9.29. The van der Waals surface area contributed by atoms with Gasteiger partial charge in [0.15, 0.2) is 0 Å². The number of rotatable bonds is 2. The number of hydrogen-bond acceptors (Lipinski definition) is 3. The van der Waals surface area contributed by atoms with E-state index in [1.165, 1.54) is 23.8 Å². The lowest BCUT2D eigenvalue weighted by Gasteiger charge is -2.46. The Kier molecular flexibility index (Phi) is 3.63. The van der Waals surface area contributed by atoms with Crippen molar-refractivity contribution >= 4 is 17.2 Å². The molecule has 0 amide bonds. The summed E-state index contributed by atoms with van der Waals surface area (Å²) < 4.78 is 4.94. The fraction of sp³-hybridized carbons (Fsp3) is 0.471. The fourth-order valence-corrected chi connectivity index (χ4v) is 3.23. The van der Waals surface area contributed by atoms with Crippen LogP contribution in [-0.4, -0.2) is 24.7 Å². The van der Waals surface area contributed by atoms with Crippen LogP contribution in [0.3, 0.4) is 0 Å². The molecule has 0 aliphatic carbocycles. The van der Waals surface area contributed by atoms with Crippen LogP contribution < -0.4 is 4.90 Å². The molecule has 1 heterocycles. The van der Waals surface area contributed by atoms with Gasteiger partial charge in [0.2, 0.25) is 0 Å². The van der Waals surface area contributed by atoms with Crippen molar-refractivity contribution < 1.29 is 9.53 Å². The van der Waals surface area contributed by atoms with Crippen molar-refractivity contribution in [3.05, 3.63) is 35.4 Å². The number of ether oxygens (including phenoxy) is 1. The van der Waals surface area contributed by atoms with E-state index in [4.69, 9.17) is 4.74 Å². The second kappa shape index (κ2) is 4.97. The molecular weight excluding hydrogens is 250 g/mol. The molecule has 0 radical (unpaired) electrons. The average Bonchev–Trinajstić information content (AvgIpc) is 2.37. The molecule has 20 heavy (non-hydrogen) atoms. The lowest BCUT2D eigenvalue weighted by molar-refractivity contribution is -0.142. The molecule has 1 aliphatic rings. The van der Waals surface area contributed by atoms with Gasteiger partial charge in [-0.1, -0.05) is 24.3 Å². The quantitative estimate of drug-likeness (QED) is 0.772. The first-order valence-electron chi connectivity index (χ1n) is 6.96. The van der Waals surface area contributed by atoms with Gasteiger partial charge >= 0.3 is 5.97 Å². The van der Waals surface area contributed by atoms with Crippen LogP contribution in [-0.2, 0) is 9.53 Å². The molecule has 0 fully saturated rings. The topological polar surface area (TPSA) is 29.5 Å². The van der Waals surface area contributed by atoms with Gasteiger partial charge in [0.1, 0.15) is 6.04 Å². The smallest absolute Gasteiger partial charge is 0.328 e. The number of allylic oxidation sites excluding steroid dienone is 1. The maximum atomic E-state index is 12.0. The van der Waals surface area contributed by atoms with Crippen molar-refractivity contribution in [3.8, 4) is 0 Å². The van der Waals surface area contributed by atoms with E-state index in [1.54, 1.807) is 0 Å². The summed E-state index contributed by atoms with van der Waals surface area (Å²) in [5.74, 6) is -0.208. The Morgan fingerprint density at radius 2 is 1.95 bits per heavy atom. The highest BCUT2D eigenvalue weighted by atomic mass is 16.5. The Hall–Kier alpha value is -1.77. The number of hydrogen-bond donors (Lipinski definition) is 0.